The average Bonchev–Trinajstić information content (AvgIpc) is 3.16. The first-order chi connectivity index (χ1) is 14.7. The molecule has 1 saturated heterocycles. The molecule has 2 aliphatic heterocycles. The molecule has 0 bridgehead atoms. The molecule has 2 N–H and O–H groups in total. The average molecular weight is 408 g/mol. The van der Waals surface area contributed by atoms with Gasteiger partial charge in [-0.3, -0.25) is 0 Å². The maximum Gasteiger partial charge on any atom is 0.229 e. The Morgan fingerprint density at radius 3 is 3.03 bits per heavy atom. The fraction of sp³-hybridized carbons (Fsp3) is 0.500. The number of nitrogens with zero attached hydrogens (tertiary/aromatic N) is 5. The van der Waals surface area contributed by atoms with Crippen LogP contribution in [0.5, 0.6) is 5.75 Å². The summed E-state index contributed by atoms with van der Waals surface area (Å²) in [7, 11) is 3.86. The number of rotatable bonds is 5. The Kier molecular flexibility index (Phi) is 5.26. The fourth-order valence-corrected chi connectivity index (χ4v) is 4.50. The van der Waals surface area contributed by atoms with Gasteiger partial charge < -0.3 is 20.3 Å². The van der Waals surface area contributed by atoms with Gasteiger partial charge in [0.05, 0.1) is 24.4 Å². The third kappa shape index (κ3) is 3.85. The molecule has 0 radical (unpaired) electrons. The van der Waals surface area contributed by atoms with Crippen molar-refractivity contribution in [3.8, 4) is 5.75 Å². The minimum absolute atomic E-state index is 0.563. The summed E-state index contributed by atoms with van der Waals surface area (Å²) in [6.07, 6.45) is 7.18. The highest BCUT2D eigenvalue weighted by Crippen LogP contribution is 2.33. The van der Waals surface area contributed by atoms with Gasteiger partial charge in [0.1, 0.15) is 5.75 Å². The second-order valence-electron chi connectivity index (χ2n) is 8.45. The largest absolute Gasteiger partial charge is 0.495 e. The van der Waals surface area contributed by atoms with Gasteiger partial charge in [0.2, 0.25) is 5.95 Å². The van der Waals surface area contributed by atoms with Crippen LogP contribution in [-0.4, -0.2) is 58.4 Å². The Bertz CT molecular complexity index is 1040. The van der Waals surface area contributed by atoms with Gasteiger partial charge in [-0.2, -0.15) is 10.1 Å². The maximum absolute atomic E-state index is 5.65. The normalized spacial score (nSPS) is 19.6. The van der Waals surface area contributed by atoms with E-state index in [1.807, 2.05) is 17.1 Å². The molecule has 0 aliphatic carbocycles. The van der Waals surface area contributed by atoms with E-state index >= 15 is 0 Å². The van der Waals surface area contributed by atoms with Crippen LogP contribution in [0.25, 0.3) is 11.0 Å². The lowest BCUT2D eigenvalue weighted by Crippen LogP contribution is -2.32. The summed E-state index contributed by atoms with van der Waals surface area (Å²) in [4.78, 5) is 11.6. The maximum atomic E-state index is 5.65. The van der Waals surface area contributed by atoms with Crippen LogP contribution in [-0.2, 0) is 19.5 Å². The van der Waals surface area contributed by atoms with Gasteiger partial charge in [-0.05, 0) is 68.6 Å². The molecule has 2 aliphatic rings. The SMILES string of the molecule is COc1cc2c(cc1Nc1ncc3cnn(C[C@H]4CCCNC4)c3n1)CN(C)CC2. The number of methoxy groups -OCH3 is 1. The third-order valence-electron chi connectivity index (χ3n) is 6.18. The minimum atomic E-state index is 0.563. The Balaban J connectivity index is 1.42. The minimum Gasteiger partial charge on any atom is -0.495 e. The van der Waals surface area contributed by atoms with Gasteiger partial charge in [0.25, 0.3) is 0 Å². The number of fused-ring (bicyclic) bond motifs is 2. The van der Waals surface area contributed by atoms with Gasteiger partial charge in [-0.15, -0.1) is 0 Å². The first kappa shape index (κ1) is 19.3. The third-order valence-corrected chi connectivity index (χ3v) is 6.18. The number of ether oxygens (including phenoxy) is 1. The summed E-state index contributed by atoms with van der Waals surface area (Å²) in [5.74, 6) is 1.98. The van der Waals surface area contributed by atoms with E-state index in [-0.39, 0.29) is 0 Å². The number of nitrogens with one attached hydrogen (secondary N) is 2. The van der Waals surface area contributed by atoms with Crippen LogP contribution in [0.4, 0.5) is 11.6 Å². The zero-order chi connectivity index (χ0) is 20.5. The Labute approximate surface area is 176 Å². The zero-order valence-electron chi connectivity index (χ0n) is 17.7. The van der Waals surface area contributed by atoms with Crippen molar-refractivity contribution < 1.29 is 4.74 Å². The zero-order valence-corrected chi connectivity index (χ0v) is 17.7. The number of likely N-dealkylation sites (N-methyl/N-ethyl adjacent to an activating group) is 1. The van der Waals surface area contributed by atoms with Crippen molar-refractivity contribution >= 4 is 22.7 Å². The molecule has 8 heteroatoms. The molecule has 2 aromatic heterocycles. The van der Waals surface area contributed by atoms with Gasteiger partial charge in [-0.1, -0.05) is 0 Å². The van der Waals surface area contributed by atoms with E-state index in [2.05, 4.69) is 44.8 Å². The molecule has 8 nitrogen and oxygen atoms in total. The van der Waals surface area contributed by atoms with Crippen LogP contribution in [0.2, 0.25) is 0 Å². The standard InChI is InChI=1S/C22H29N7O/c1-28-7-5-16-9-20(30-2)19(8-17(16)14-28)26-22-24-11-18-12-25-29(21(18)27-22)13-15-4-3-6-23-10-15/h8-9,11-12,15,23H,3-7,10,13-14H2,1-2H3,(H,24,26,27)/t15-/m0/s1. The number of hydrogen-bond acceptors (Lipinski definition) is 7. The van der Waals surface area contributed by atoms with Crippen molar-refractivity contribution in [1.82, 2.24) is 30.0 Å². The van der Waals surface area contributed by atoms with Crippen molar-refractivity contribution in [3.63, 3.8) is 0 Å². The summed E-state index contributed by atoms with van der Waals surface area (Å²) in [5, 5.41) is 12.4. The van der Waals surface area contributed by atoms with Crippen LogP contribution in [0, 0.1) is 5.92 Å². The van der Waals surface area contributed by atoms with Crippen LogP contribution >= 0.6 is 0 Å². The Morgan fingerprint density at radius 2 is 2.20 bits per heavy atom. The van der Waals surface area contributed by atoms with E-state index in [1.165, 1.54) is 24.0 Å². The summed E-state index contributed by atoms with van der Waals surface area (Å²) in [6.45, 7) is 5.05. The van der Waals surface area contributed by atoms with Crippen molar-refractivity contribution in [2.24, 2.45) is 5.92 Å². The van der Waals surface area contributed by atoms with Crippen molar-refractivity contribution in [3.05, 3.63) is 35.7 Å². The molecule has 0 spiro atoms. The number of benzene rings is 1. The van der Waals surface area contributed by atoms with Crippen molar-refractivity contribution in [2.45, 2.75) is 32.4 Å². The highest BCUT2D eigenvalue weighted by atomic mass is 16.5. The lowest BCUT2D eigenvalue weighted by molar-refractivity contribution is 0.312. The first-order valence-corrected chi connectivity index (χ1v) is 10.7. The molecule has 30 heavy (non-hydrogen) atoms. The topological polar surface area (TPSA) is 80.1 Å². The number of piperidine rings is 1. The molecule has 5 rings (SSSR count). The van der Waals surface area contributed by atoms with Crippen LogP contribution < -0.4 is 15.4 Å². The van der Waals surface area contributed by atoms with E-state index in [9.17, 15) is 0 Å². The number of anilines is 2. The predicted molar refractivity (Wildman–Crippen MR) is 117 cm³/mol. The first-order valence-electron chi connectivity index (χ1n) is 10.7. The Morgan fingerprint density at radius 1 is 1.27 bits per heavy atom. The molecule has 1 aromatic carbocycles. The molecule has 3 aromatic rings. The quantitative estimate of drug-likeness (QED) is 0.673. The Hall–Kier alpha value is -2.71. The van der Waals surface area contributed by atoms with E-state index in [0.29, 0.717) is 11.9 Å². The summed E-state index contributed by atoms with van der Waals surface area (Å²) < 4.78 is 7.66. The molecule has 0 unspecified atom stereocenters. The number of hydrogen-bond donors (Lipinski definition) is 2. The summed E-state index contributed by atoms with van der Waals surface area (Å²) in [5.41, 5.74) is 4.44. The highest BCUT2D eigenvalue weighted by molar-refractivity contribution is 5.76. The molecular weight excluding hydrogens is 378 g/mol. The van der Waals surface area contributed by atoms with E-state index in [4.69, 9.17) is 9.72 Å². The molecule has 0 amide bonds. The van der Waals surface area contributed by atoms with Gasteiger partial charge in [0, 0.05) is 25.8 Å². The molecule has 4 heterocycles. The van der Waals surface area contributed by atoms with E-state index in [0.717, 1.165) is 61.6 Å². The van der Waals surface area contributed by atoms with Crippen molar-refractivity contribution in [1.29, 1.82) is 0 Å². The van der Waals surface area contributed by atoms with Crippen LogP contribution in [0.1, 0.15) is 24.0 Å². The smallest absolute Gasteiger partial charge is 0.229 e. The van der Waals surface area contributed by atoms with E-state index < -0.39 is 0 Å². The highest BCUT2D eigenvalue weighted by Gasteiger charge is 2.19. The van der Waals surface area contributed by atoms with Crippen LogP contribution in [0.3, 0.4) is 0 Å². The molecule has 1 fully saturated rings. The second kappa shape index (κ2) is 8.20. The lowest BCUT2D eigenvalue weighted by Gasteiger charge is -2.26. The van der Waals surface area contributed by atoms with Gasteiger partial charge in [-0.25, -0.2) is 9.67 Å². The monoisotopic (exact) mass is 407 g/mol. The molecule has 158 valence electrons. The van der Waals surface area contributed by atoms with Crippen molar-refractivity contribution in [2.75, 3.05) is 39.1 Å². The second-order valence-corrected chi connectivity index (χ2v) is 8.45. The van der Waals surface area contributed by atoms with Gasteiger partial charge >= 0.3 is 0 Å². The predicted octanol–water partition coefficient (Wildman–Crippen LogP) is 2.57. The summed E-state index contributed by atoms with van der Waals surface area (Å²) in [6, 6.07) is 4.31. The number of aromatic nitrogens is 4. The van der Waals surface area contributed by atoms with Crippen LogP contribution in [0.15, 0.2) is 24.5 Å². The van der Waals surface area contributed by atoms with Gasteiger partial charge in [0.15, 0.2) is 5.65 Å². The fourth-order valence-electron chi connectivity index (χ4n) is 4.50. The summed E-state index contributed by atoms with van der Waals surface area (Å²) >= 11 is 0. The van der Waals surface area contributed by atoms with E-state index in [1.54, 1.807) is 7.11 Å². The molecule has 0 saturated carbocycles. The lowest BCUT2D eigenvalue weighted by atomic mass is 9.99. The molecular formula is C22H29N7O. The molecule has 1 atom stereocenters.